The number of anilines is 3. The predicted octanol–water partition coefficient (Wildman–Crippen LogP) is 4.90. The molecule has 0 amide bonds. The summed E-state index contributed by atoms with van der Waals surface area (Å²) >= 11 is 13.0. The summed E-state index contributed by atoms with van der Waals surface area (Å²) in [6.07, 6.45) is 6.33. The smallest absolute Gasteiger partial charge is 0.143 e. The van der Waals surface area contributed by atoms with Gasteiger partial charge in [-0.25, -0.2) is 15.0 Å². The summed E-state index contributed by atoms with van der Waals surface area (Å²) in [4.78, 5) is 13.3. The Morgan fingerprint density at radius 3 is 2.44 bits per heavy atom. The first-order chi connectivity index (χ1) is 15.5. The summed E-state index contributed by atoms with van der Waals surface area (Å²) in [7, 11) is 3.05. The molecule has 3 aromatic rings. The molecule has 0 radical (unpaired) electrons. The van der Waals surface area contributed by atoms with Gasteiger partial charge in [-0.2, -0.15) is 0 Å². The molecule has 0 saturated heterocycles. The molecule has 0 aliphatic heterocycles. The maximum absolute atomic E-state index is 6.52. The van der Waals surface area contributed by atoms with Gasteiger partial charge in [-0.3, -0.25) is 0 Å². The lowest BCUT2D eigenvalue weighted by atomic mass is 10.1. The van der Waals surface area contributed by atoms with Crippen LogP contribution in [0.2, 0.25) is 10.0 Å². The lowest BCUT2D eigenvalue weighted by Gasteiger charge is -2.19. The molecule has 4 N–H and O–H groups in total. The Hall–Kier alpha value is -2.81. The molecule has 0 unspecified atom stereocenters. The molecule has 1 aliphatic carbocycles. The number of benzene rings is 1. The third-order valence-electron chi connectivity index (χ3n) is 5.47. The summed E-state index contributed by atoms with van der Waals surface area (Å²) in [6, 6.07) is 7.57. The molecule has 168 valence electrons. The first-order valence-electron chi connectivity index (χ1n) is 10.2. The van der Waals surface area contributed by atoms with E-state index in [0.717, 1.165) is 24.8 Å². The fourth-order valence-electron chi connectivity index (χ4n) is 3.77. The molecule has 0 bridgehead atoms. The number of halogens is 2. The van der Waals surface area contributed by atoms with E-state index in [2.05, 4.69) is 25.6 Å². The number of nitrogens with one attached hydrogen (secondary N) is 2. The van der Waals surface area contributed by atoms with E-state index in [1.807, 2.05) is 18.2 Å². The minimum atomic E-state index is 0.122. The van der Waals surface area contributed by atoms with E-state index < -0.39 is 0 Å². The summed E-state index contributed by atoms with van der Waals surface area (Å²) in [5, 5.41) is 7.28. The van der Waals surface area contributed by atoms with E-state index in [9.17, 15) is 0 Å². The molecule has 2 aromatic heterocycles. The third kappa shape index (κ3) is 4.53. The zero-order valence-corrected chi connectivity index (χ0v) is 19.2. The van der Waals surface area contributed by atoms with Crippen LogP contribution in [0.5, 0.6) is 11.5 Å². The normalized spacial score (nSPS) is 17.8. The maximum Gasteiger partial charge on any atom is 0.143 e. The molecule has 10 heteroatoms. The zero-order chi connectivity index (χ0) is 22.7. The van der Waals surface area contributed by atoms with E-state index in [1.165, 1.54) is 20.5 Å². The molecular formula is C22H24Cl2N6O2. The van der Waals surface area contributed by atoms with Crippen LogP contribution in [0.3, 0.4) is 0 Å². The summed E-state index contributed by atoms with van der Waals surface area (Å²) < 4.78 is 10.7. The predicted molar refractivity (Wildman–Crippen MR) is 127 cm³/mol. The Morgan fingerprint density at radius 1 is 1.03 bits per heavy atom. The maximum atomic E-state index is 6.52. The van der Waals surface area contributed by atoms with E-state index in [4.69, 9.17) is 38.4 Å². The van der Waals surface area contributed by atoms with Gasteiger partial charge in [-0.1, -0.05) is 23.2 Å². The molecule has 2 heterocycles. The van der Waals surface area contributed by atoms with E-state index >= 15 is 0 Å². The lowest BCUT2D eigenvalue weighted by molar-refractivity contribution is 0.395. The molecule has 32 heavy (non-hydrogen) atoms. The molecule has 1 aromatic carbocycles. The van der Waals surface area contributed by atoms with Crippen molar-refractivity contribution in [2.24, 2.45) is 5.73 Å². The molecular weight excluding hydrogens is 451 g/mol. The van der Waals surface area contributed by atoms with Crippen molar-refractivity contribution in [2.75, 3.05) is 24.9 Å². The molecule has 2 atom stereocenters. The average Bonchev–Trinajstić information content (AvgIpc) is 3.21. The topological polar surface area (TPSA) is 107 Å². The van der Waals surface area contributed by atoms with Gasteiger partial charge in [0, 0.05) is 36.0 Å². The zero-order valence-electron chi connectivity index (χ0n) is 17.7. The number of methoxy groups -OCH3 is 2. The molecule has 0 spiro atoms. The second-order valence-electron chi connectivity index (χ2n) is 7.44. The number of hydrogen-bond acceptors (Lipinski definition) is 8. The van der Waals surface area contributed by atoms with Crippen molar-refractivity contribution < 1.29 is 9.47 Å². The van der Waals surface area contributed by atoms with Crippen LogP contribution in [-0.2, 0) is 0 Å². The third-order valence-corrected chi connectivity index (χ3v) is 6.22. The minimum absolute atomic E-state index is 0.122. The fraction of sp³-hybridized carbons (Fsp3) is 0.318. The Labute approximate surface area is 196 Å². The number of nitrogens with two attached hydrogens (primary N) is 1. The van der Waals surface area contributed by atoms with Gasteiger partial charge in [0.25, 0.3) is 0 Å². The van der Waals surface area contributed by atoms with Crippen molar-refractivity contribution in [3.05, 3.63) is 46.8 Å². The quantitative estimate of drug-likeness (QED) is 0.443. The van der Waals surface area contributed by atoms with Crippen molar-refractivity contribution in [3.63, 3.8) is 0 Å². The van der Waals surface area contributed by atoms with Crippen LogP contribution in [0.1, 0.15) is 19.3 Å². The van der Waals surface area contributed by atoms with Gasteiger partial charge in [0.05, 0.1) is 25.6 Å². The number of aromatic nitrogens is 3. The largest absolute Gasteiger partial charge is 0.495 e. The van der Waals surface area contributed by atoms with Gasteiger partial charge in [0.1, 0.15) is 39.5 Å². The highest BCUT2D eigenvalue weighted by Crippen LogP contribution is 2.45. The average molecular weight is 475 g/mol. The Morgan fingerprint density at radius 2 is 1.78 bits per heavy atom. The van der Waals surface area contributed by atoms with Crippen LogP contribution in [0.25, 0.3) is 11.3 Å². The van der Waals surface area contributed by atoms with Crippen LogP contribution in [0.4, 0.5) is 17.3 Å². The molecule has 1 saturated carbocycles. The van der Waals surface area contributed by atoms with Gasteiger partial charge in [-0.15, -0.1) is 0 Å². The molecule has 1 aliphatic rings. The summed E-state index contributed by atoms with van der Waals surface area (Å²) in [6.45, 7) is 0. The van der Waals surface area contributed by atoms with E-state index in [-0.39, 0.29) is 12.1 Å². The Balaban J connectivity index is 1.69. The molecule has 4 rings (SSSR count). The summed E-state index contributed by atoms with van der Waals surface area (Å²) in [5.41, 5.74) is 8.05. The van der Waals surface area contributed by atoms with E-state index in [0.29, 0.717) is 44.6 Å². The second-order valence-corrected chi connectivity index (χ2v) is 8.20. The minimum Gasteiger partial charge on any atom is -0.495 e. The van der Waals surface area contributed by atoms with Gasteiger partial charge >= 0.3 is 0 Å². The fourth-order valence-corrected chi connectivity index (χ4v) is 4.36. The number of rotatable bonds is 7. The number of pyridine rings is 1. The van der Waals surface area contributed by atoms with Crippen LogP contribution < -0.4 is 25.8 Å². The number of hydrogen-bond donors (Lipinski definition) is 3. The first kappa shape index (κ1) is 22.4. The van der Waals surface area contributed by atoms with Crippen molar-refractivity contribution in [1.29, 1.82) is 0 Å². The van der Waals surface area contributed by atoms with Crippen molar-refractivity contribution in [3.8, 4) is 22.8 Å². The Kier molecular flexibility index (Phi) is 6.83. The van der Waals surface area contributed by atoms with Gasteiger partial charge < -0.3 is 25.8 Å². The second kappa shape index (κ2) is 9.77. The standard InChI is InChI=1S/C22H24Cl2N6O2/c1-31-16-10-17(32-2)20(24)21(19(16)23)30-22-12(5-4-8-26-22)15-9-18(28-11-27-15)29-14-7-3-6-13(14)25/h4-5,8-11,13-14H,3,6-7,25H2,1-2H3,(H,26,30)(H,27,28,29)/t13-,14+/m0/s1. The molecule has 8 nitrogen and oxygen atoms in total. The van der Waals surface area contributed by atoms with Crippen LogP contribution in [0, 0.1) is 0 Å². The van der Waals surface area contributed by atoms with Crippen LogP contribution >= 0.6 is 23.2 Å². The van der Waals surface area contributed by atoms with Gasteiger partial charge in [-0.05, 0) is 31.4 Å². The highest BCUT2D eigenvalue weighted by Gasteiger charge is 2.24. The van der Waals surface area contributed by atoms with Crippen LogP contribution in [-0.4, -0.2) is 41.3 Å². The Bertz CT molecular complexity index is 1090. The summed E-state index contributed by atoms with van der Waals surface area (Å²) in [5.74, 6) is 2.09. The number of ether oxygens (including phenoxy) is 2. The highest BCUT2D eigenvalue weighted by atomic mass is 35.5. The molecule has 1 fully saturated rings. The van der Waals surface area contributed by atoms with Crippen LogP contribution in [0.15, 0.2) is 36.8 Å². The number of nitrogens with zero attached hydrogens (tertiary/aromatic N) is 3. The monoisotopic (exact) mass is 474 g/mol. The van der Waals surface area contributed by atoms with Crippen molar-refractivity contribution >= 4 is 40.5 Å². The highest BCUT2D eigenvalue weighted by molar-refractivity contribution is 6.41. The SMILES string of the molecule is COc1cc(OC)c(Cl)c(Nc2ncccc2-c2cc(N[C@@H]3CCC[C@@H]3N)ncn2)c1Cl. The first-order valence-corrected chi connectivity index (χ1v) is 10.9. The van der Waals surface area contributed by atoms with Gasteiger partial charge in [0.2, 0.25) is 0 Å². The lowest BCUT2D eigenvalue weighted by Crippen LogP contribution is -2.35. The van der Waals surface area contributed by atoms with E-state index in [1.54, 1.807) is 12.3 Å². The van der Waals surface area contributed by atoms with Crippen molar-refractivity contribution in [2.45, 2.75) is 31.3 Å². The van der Waals surface area contributed by atoms with Crippen molar-refractivity contribution in [1.82, 2.24) is 15.0 Å². The van der Waals surface area contributed by atoms with Gasteiger partial charge in [0.15, 0.2) is 0 Å².